The first-order valence-corrected chi connectivity index (χ1v) is 6.22. The smallest absolute Gasteiger partial charge is 0.232 e. The zero-order valence-electron chi connectivity index (χ0n) is 10.5. The maximum absolute atomic E-state index is 5.67. The van der Waals surface area contributed by atoms with Gasteiger partial charge in [0.1, 0.15) is 11.0 Å². The van der Waals surface area contributed by atoms with Crippen LogP contribution in [0.1, 0.15) is 11.8 Å². The van der Waals surface area contributed by atoms with E-state index in [9.17, 15) is 0 Å². The zero-order valence-corrected chi connectivity index (χ0v) is 10.5. The van der Waals surface area contributed by atoms with Gasteiger partial charge in [-0.3, -0.25) is 0 Å². The number of hydrogen-bond donors (Lipinski definition) is 0. The third-order valence-electron chi connectivity index (χ3n) is 3.10. The van der Waals surface area contributed by atoms with Crippen molar-refractivity contribution in [2.75, 3.05) is 0 Å². The number of nitrogens with zero attached hydrogens (tertiary/aromatic N) is 2. The Morgan fingerprint density at radius 3 is 1.65 bits per heavy atom. The van der Waals surface area contributed by atoms with E-state index < -0.39 is 0 Å². The van der Waals surface area contributed by atoms with Crippen LogP contribution in [0, 0.1) is 0 Å². The summed E-state index contributed by atoms with van der Waals surface area (Å²) in [7, 11) is 0. The van der Waals surface area contributed by atoms with Gasteiger partial charge >= 0.3 is 0 Å². The van der Waals surface area contributed by atoms with Gasteiger partial charge in [0.05, 0.1) is 5.57 Å². The van der Waals surface area contributed by atoms with Gasteiger partial charge in [-0.2, -0.15) is 0 Å². The second-order valence-corrected chi connectivity index (χ2v) is 4.45. The van der Waals surface area contributed by atoms with Gasteiger partial charge in [-0.1, -0.05) is 30.8 Å². The third-order valence-corrected chi connectivity index (χ3v) is 3.10. The highest BCUT2D eigenvalue weighted by Crippen LogP contribution is 2.26. The van der Waals surface area contributed by atoms with E-state index in [1.54, 1.807) is 0 Å². The summed E-state index contributed by atoms with van der Waals surface area (Å²) in [5.41, 5.74) is 3.57. The fourth-order valence-corrected chi connectivity index (χ4v) is 2.09. The first kappa shape index (κ1) is 11.0. The van der Waals surface area contributed by atoms with Crippen molar-refractivity contribution in [2.45, 2.75) is 0 Å². The summed E-state index contributed by atoms with van der Waals surface area (Å²) in [6.07, 6.45) is 0. The fourth-order valence-electron chi connectivity index (χ4n) is 2.09. The van der Waals surface area contributed by atoms with Crippen molar-refractivity contribution >= 4 is 27.8 Å². The topological polar surface area (TPSA) is 52.1 Å². The Labute approximate surface area is 114 Å². The van der Waals surface area contributed by atoms with E-state index in [1.807, 2.05) is 48.5 Å². The van der Waals surface area contributed by atoms with E-state index in [2.05, 4.69) is 16.5 Å². The molecular formula is C16H10N2O2. The van der Waals surface area contributed by atoms with Gasteiger partial charge < -0.3 is 8.83 Å². The normalized spacial score (nSPS) is 11.2. The molecule has 0 aliphatic rings. The summed E-state index contributed by atoms with van der Waals surface area (Å²) in [6.45, 7) is 3.97. The molecule has 96 valence electrons. The Bertz CT molecular complexity index is 792. The van der Waals surface area contributed by atoms with Crippen LogP contribution in [0.3, 0.4) is 0 Å². The average Bonchev–Trinajstić information content (AvgIpc) is 3.10. The molecule has 0 amide bonds. The van der Waals surface area contributed by atoms with Crippen LogP contribution in [-0.4, -0.2) is 9.97 Å². The maximum atomic E-state index is 5.67. The molecule has 0 bridgehead atoms. The van der Waals surface area contributed by atoms with Crippen molar-refractivity contribution < 1.29 is 8.83 Å². The molecule has 4 nitrogen and oxygen atoms in total. The van der Waals surface area contributed by atoms with Gasteiger partial charge in [-0.15, -0.1) is 0 Å². The van der Waals surface area contributed by atoms with Crippen LogP contribution in [0.2, 0.25) is 0 Å². The minimum atomic E-state index is 0.428. The van der Waals surface area contributed by atoms with Crippen LogP contribution in [0.25, 0.3) is 27.8 Å². The molecule has 2 aromatic heterocycles. The molecule has 0 aliphatic carbocycles. The van der Waals surface area contributed by atoms with E-state index in [0.29, 0.717) is 17.4 Å². The average molecular weight is 262 g/mol. The van der Waals surface area contributed by atoms with E-state index in [-0.39, 0.29) is 0 Å². The van der Waals surface area contributed by atoms with Gasteiger partial charge in [-0.05, 0) is 24.3 Å². The number of aromatic nitrogens is 2. The van der Waals surface area contributed by atoms with E-state index >= 15 is 0 Å². The Balaban J connectivity index is 1.82. The van der Waals surface area contributed by atoms with Crippen molar-refractivity contribution in [1.82, 2.24) is 9.97 Å². The molecule has 2 heterocycles. The molecule has 0 aliphatic heterocycles. The Morgan fingerprint density at radius 1 is 0.750 bits per heavy atom. The summed E-state index contributed by atoms with van der Waals surface area (Å²) in [4.78, 5) is 8.79. The predicted molar refractivity (Wildman–Crippen MR) is 76.2 cm³/mol. The summed E-state index contributed by atoms with van der Waals surface area (Å²) in [5.74, 6) is 0.857. The molecule has 0 saturated heterocycles. The molecule has 4 aromatic rings. The maximum Gasteiger partial charge on any atom is 0.232 e. The van der Waals surface area contributed by atoms with Crippen LogP contribution in [0.15, 0.2) is 63.9 Å². The number of para-hydroxylation sites is 4. The molecule has 20 heavy (non-hydrogen) atoms. The lowest BCUT2D eigenvalue weighted by atomic mass is 10.3. The van der Waals surface area contributed by atoms with Crippen LogP contribution in [0.5, 0.6) is 0 Å². The van der Waals surface area contributed by atoms with Crippen LogP contribution in [-0.2, 0) is 0 Å². The predicted octanol–water partition coefficient (Wildman–Crippen LogP) is 4.03. The Morgan fingerprint density at radius 2 is 1.20 bits per heavy atom. The largest absolute Gasteiger partial charge is 0.436 e. The quantitative estimate of drug-likeness (QED) is 0.547. The molecular weight excluding hydrogens is 252 g/mol. The van der Waals surface area contributed by atoms with Crippen molar-refractivity contribution in [1.29, 1.82) is 0 Å². The highest BCUT2D eigenvalue weighted by atomic mass is 16.4. The molecule has 2 aromatic carbocycles. The Hall–Kier alpha value is -2.88. The van der Waals surface area contributed by atoms with Crippen molar-refractivity contribution in [2.24, 2.45) is 0 Å². The monoisotopic (exact) mass is 262 g/mol. The van der Waals surface area contributed by atoms with Gasteiger partial charge in [0.25, 0.3) is 0 Å². The standard InChI is InChI=1S/C16H10N2O2/c1-10(15-17-11-6-2-4-8-13(11)19-15)16-18-12-7-3-5-9-14(12)20-16/h2-9H,1H2. The third kappa shape index (κ3) is 1.62. The van der Waals surface area contributed by atoms with Crippen LogP contribution < -0.4 is 0 Å². The van der Waals surface area contributed by atoms with Gasteiger partial charge in [0.2, 0.25) is 11.8 Å². The highest BCUT2D eigenvalue weighted by molar-refractivity contribution is 5.81. The summed E-state index contributed by atoms with van der Waals surface area (Å²) in [5, 5.41) is 0. The van der Waals surface area contributed by atoms with Crippen LogP contribution in [0.4, 0.5) is 0 Å². The van der Waals surface area contributed by atoms with Crippen molar-refractivity contribution in [3.8, 4) is 0 Å². The lowest BCUT2D eigenvalue weighted by Gasteiger charge is -1.92. The number of benzene rings is 2. The van der Waals surface area contributed by atoms with Gasteiger partial charge in [-0.25, -0.2) is 9.97 Å². The number of hydrogen-bond acceptors (Lipinski definition) is 4. The highest BCUT2D eigenvalue weighted by Gasteiger charge is 2.16. The van der Waals surface area contributed by atoms with Crippen molar-refractivity contribution in [3.05, 3.63) is 66.9 Å². The minimum absolute atomic E-state index is 0.428. The van der Waals surface area contributed by atoms with Gasteiger partial charge in [0, 0.05) is 0 Å². The van der Waals surface area contributed by atoms with Gasteiger partial charge in [0.15, 0.2) is 11.2 Å². The second-order valence-electron chi connectivity index (χ2n) is 4.45. The lowest BCUT2D eigenvalue weighted by molar-refractivity contribution is 0.557. The summed E-state index contributed by atoms with van der Waals surface area (Å²) < 4.78 is 11.3. The molecule has 4 rings (SSSR count). The second kappa shape index (κ2) is 4.06. The zero-order chi connectivity index (χ0) is 13.5. The van der Waals surface area contributed by atoms with E-state index in [1.165, 1.54) is 0 Å². The lowest BCUT2D eigenvalue weighted by Crippen LogP contribution is -1.85. The molecule has 0 saturated carbocycles. The molecule has 0 N–H and O–H groups in total. The molecule has 0 spiro atoms. The molecule has 0 fully saturated rings. The first-order valence-electron chi connectivity index (χ1n) is 6.22. The Kier molecular flexibility index (Phi) is 2.23. The molecule has 0 atom stereocenters. The number of fused-ring (bicyclic) bond motifs is 2. The molecule has 0 radical (unpaired) electrons. The fraction of sp³-hybridized carbons (Fsp3) is 0. The first-order chi connectivity index (χ1) is 9.81. The minimum Gasteiger partial charge on any atom is -0.436 e. The number of oxazole rings is 2. The number of rotatable bonds is 2. The van der Waals surface area contributed by atoms with Crippen LogP contribution >= 0.6 is 0 Å². The SMILES string of the molecule is C=C(c1nc2ccccc2o1)c1nc2ccccc2o1. The molecule has 4 heteroatoms. The van der Waals surface area contributed by atoms with E-state index in [0.717, 1.165) is 22.2 Å². The van der Waals surface area contributed by atoms with Crippen molar-refractivity contribution in [3.63, 3.8) is 0 Å². The van der Waals surface area contributed by atoms with E-state index in [4.69, 9.17) is 8.83 Å². The summed E-state index contributed by atoms with van der Waals surface area (Å²) >= 11 is 0. The molecule has 0 unspecified atom stereocenters. The summed E-state index contributed by atoms with van der Waals surface area (Å²) in [6, 6.07) is 15.1.